The summed E-state index contributed by atoms with van der Waals surface area (Å²) in [5.74, 6) is 0.561. The first kappa shape index (κ1) is 15.9. The van der Waals surface area contributed by atoms with Crippen molar-refractivity contribution in [2.45, 2.75) is 32.2 Å². The van der Waals surface area contributed by atoms with E-state index < -0.39 is 10.5 Å². The first-order chi connectivity index (χ1) is 9.50. The highest BCUT2D eigenvalue weighted by Crippen LogP contribution is 2.18. The third-order valence-electron chi connectivity index (χ3n) is 2.93. The van der Waals surface area contributed by atoms with Gasteiger partial charge in [0.1, 0.15) is 11.3 Å². The molecule has 1 rings (SSSR count). The molecule has 0 radical (unpaired) electrons. The lowest BCUT2D eigenvalue weighted by Gasteiger charge is -2.23. The Morgan fingerprint density at radius 1 is 1.45 bits per heavy atom. The summed E-state index contributed by atoms with van der Waals surface area (Å²) in [6, 6.07) is 8.15. The van der Waals surface area contributed by atoms with Crippen molar-refractivity contribution in [2.75, 3.05) is 13.2 Å². The number of nitro benzene ring substituents is 1. The van der Waals surface area contributed by atoms with Crippen molar-refractivity contribution in [3.8, 4) is 11.8 Å². The summed E-state index contributed by atoms with van der Waals surface area (Å²) >= 11 is 0. The van der Waals surface area contributed by atoms with Crippen LogP contribution < -0.4 is 10.1 Å². The normalized spacial score (nSPS) is 13.2. The van der Waals surface area contributed by atoms with Gasteiger partial charge in [-0.3, -0.25) is 15.4 Å². The third kappa shape index (κ3) is 4.86. The SMILES string of the molecule is CCCNC(C)(C#N)CCOc1ccc([N+](=O)[O-])cc1. The van der Waals surface area contributed by atoms with Gasteiger partial charge in [0.15, 0.2) is 0 Å². The van der Waals surface area contributed by atoms with E-state index >= 15 is 0 Å². The summed E-state index contributed by atoms with van der Waals surface area (Å²) in [7, 11) is 0. The van der Waals surface area contributed by atoms with Gasteiger partial charge in [-0.05, 0) is 32.0 Å². The lowest BCUT2D eigenvalue weighted by molar-refractivity contribution is -0.384. The zero-order valence-electron chi connectivity index (χ0n) is 11.8. The molecule has 0 bridgehead atoms. The van der Waals surface area contributed by atoms with E-state index in [4.69, 9.17) is 10.00 Å². The number of rotatable bonds is 8. The van der Waals surface area contributed by atoms with Crippen molar-refractivity contribution in [1.82, 2.24) is 5.32 Å². The zero-order chi connectivity index (χ0) is 15.0. The Hall–Kier alpha value is -2.13. The van der Waals surface area contributed by atoms with Gasteiger partial charge in [0.2, 0.25) is 0 Å². The summed E-state index contributed by atoms with van der Waals surface area (Å²) in [5.41, 5.74) is -0.583. The number of hydrogen-bond acceptors (Lipinski definition) is 5. The highest BCUT2D eigenvalue weighted by atomic mass is 16.6. The minimum Gasteiger partial charge on any atom is -0.493 e. The molecule has 0 amide bonds. The molecule has 6 heteroatoms. The van der Waals surface area contributed by atoms with E-state index in [2.05, 4.69) is 11.4 Å². The van der Waals surface area contributed by atoms with Crippen molar-refractivity contribution < 1.29 is 9.66 Å². The Balaban J connectivity index is 2.47. The van der Waals surface area contributed by atoms with Crippen LogP contribution >= 0.6 is 0 Å². The lowest BCUT2D eigenvalue weighted by Crippen LogP contribution is -2.42. The van der Waals surface area contributed by atoms with Crippen LogP contribution in [0.4, 0.5) is 5.69 Å². The molecule has 1 N–H and O–H groups in total. The van der Waals surface area contributed by atoms with Gasteiger partial charge < -0.3 is 4.74 Å². The fourth-order valence-corrected chi connectivity index (χ4v) is 1.62. The number of nitrogens with zero attached hydrogens (tertiary/aromatic N) is 2. The second kappa shape index (κ2) is 7.46. The molecule has 1 unspecified atom stereocenters. The van der Waals surface area contributed by atoms with Crippen LogP contribution in [-0.2, 0) is 0 Å². The molecule has 0 saturated heterocycles. The van der Waals surface area contributed by atoms with E-state index in [-0.39, 0.29) is 5.69 Å². The van der Waals surface area contributed by atoms with Crippen LogP contribution in [0.5, 0.6) is 5.75 Å². The monoisotopic (exact) mass is 277 g/mol. The molecule has 1 aromatic rings. The minimum absolute atomic E-state index is 0.0313. The first-order valence-electron chi connectivity index (χ1n) is 6.54. The molecule has 0 heterocycles. The van der Waals surface area contributed by atoms with E-state index in [0.717, 1.165) is 13.0 Å². The minimum atomic E-state index is -0.614. The maximum atomic E-state index is 10.5. The summed E-state index contributed by atoms with van der Waals surface area (Å²) in [5, 5.41) is 22.9. The highest BCUT2D eigenvalue weighted by Gasteiger charge is 2.22. The zero-order valence-corrected chi connectivity index (χ0v) is 11.8. The number of non-ortho nitro benzene ring substituents is 1. The number of nitrogens with one attached hydrogen (secondary N) is 1. The van der Waals surface area contributed by atoms with Crippen LogP contribution in [0.25, 0.3) is 0 Å². The molecule has 20 heavy (non-hydrogen) atoms. The van der Waals surface area contributed by atoms with Gasteiger partial charge in [0.25, 0.3) is 5.69 Å². The molecule has 1 atom stereocenters. The van der Waals surface area contributed by atoms with Crippen LogP contribution in [0.1, 0.15) is 26.7 Å². The molecule has 0 aliphatic heterocycles. The van der Waals surface area contributed by atoms with Gasteiger partial charge in [0.05, 0.1) is 17.6 Å². The number of nitro groups is 1. The highest BCUT2D eigenvalue weighted by molar-refractivity contribution is 5.35. The predicted octanol–water partition coefficient (Wildman–Crippen LogP) is 2.65. The molecule has 108 valence electrons. The second-order valence-electron chi connectivity index (χ2n) is 4.72. The van der Waals surface area contributed by atoms with Crippen molar-refractivity contribution in [3.05, 3.63) is 34.4 Å². The van der Waals surface area contributed by atoms with Crippen molar-refractivity contribution in [3.63, 3.8) is 0 Å². The topological polar surface area (TPSA) is 88.2 Å². The summed E-state index contributed by atoms with van der Waals surface area (Å²) in [6.45, 7) is 5.03. The molecule has 0 aliphatic rings. The number of ether oxygens (including phenoxy) is 1. The molecule has 1 aromatic carbocycles. The van der Waals surface area contributed by atoms with E-state index in [9.17, 15) is 10.1 Å². The summed E-state index contributed by atoms with van der Waals surface area (Å²) in [4.78, 5) is 10.1. The molecule has 0 aliphatic carbocycles. The number of hydrogen-bond donors (Lipinski definition) is 1. The Morgan fingerprint density at radius 3 is 2.60 bits per heavy atom. The maximum absolute atomic E-state index is 10.5. The first-order valence-corrected chi connectivity index (χ1v) is 6.54. The lowest BCUT2D eigenvalue weighted by atomic mass is 10.0. The average Bonchev–Trinajstić information content (AvgIpc) is 2.45. The summed E-state index contributed by atoms with van der Waals surface area (Å²) < 4.78 is 5.50. The van der Waals surface area contributed by atoms with E-state index in [1.165, 1.54) is 12.1 Å². The van der Waals surface area contributed by atoms with Crippen molar-refractivity contribution >= 4 is 5.69 Å². The Labute approximate surface area is 118 Å². The fraction of sp³-hybridized carbons (Fsp3) is 0.500. The van der Waals surface area contributed by atoms with Crippen LogP contribution in [0.3, 0.4) is 0 Å². The van der Waals surface area contributed by atoms with E-state index in [0.29, 0.717) is 18.8 Å². The third-order valence-corrected chi connectivity index (χ3v) is 2.93. The van der Waals surface area contributed by atoms with E-state index in [1.54, 1.807) is 12.1 Å². The molecular weight excluding hydrogens is 258 g/mol. The van der Waals surface area contributed by atoms with E-state index in [1.807, 2.05) is 13.8 Å². The maximum Gasteiger partial charge on any atom is 0.269 e. The van der Waals surface area contributed by atoms with Crippen LogP contribution in [-0.4, -0.2) is 23.6 Å². The van der Waals surface area contributed by atoms with Crippen molar-refractivity contribution in [1.29, 1.82) is 5.26 Å². The summed E-state index contributed by atoms with van der Waals surface area (Å²) in [6.07, 6.45) is 1.50. The quantitative estimate of drug-likeness (QED) is 0.583. The standard InChI is InChI=1S/C14H19N3O3/c1-3-9-16-14(2,11-15)8-10-20-13-6-4-12(5-7-13)17(18)19/h4-7,16H,3,8-10H2,1-2H3. The van der Waals surface area contributed by atoms with Crippen LogP contribution in [0.15, 0.2) is 24.3 Å². The Bertz CT molecular complexity index is 481. The molecule has 0 aromatic heterocycles. The van der Waals surface area contributed by atoms with Crippen LogP contribution in [0, 0.1) is 21.4 Å². The molecule has 0 fully saturated rings. The van der Waals surface area contributed by atoms with Gasteiger partial charge in [-0.25, -0.2) is 0 Å². The van der Waals surface area contributed by atoms with Gasteiger partial charge in [-0.2, -0.15) is 5.26 Å². The number of nitriles is 1. The Kier molecular flexibility index (Phi) is 5.94. The van der Waals surface area contributed by atoms with Crippen molar-refractivity contribution in [2.24, 2.45) is 0 Å². The van der Waals surface area contributed by atoms with Gasteiger partial charge >= 0.3 is 0 Å². The molecule has 0 spiro atoms. The van der Waals surface area contributed by atoms with Crippen LogP contribution in [0.2, 0.25) is 0 Å². The van der Waals surface area contributed by atoms with Gasteiger partial charge in [-0.15, -0.1) is 0 Å². The fourth-order valence-electron chi connectivity index (χ4n) is 1.62. The molecule has 6 nitrogen and oxygen atoms in total. The van der Waals surface area contributed by atoms with Gasteiger partial charge in [-0.1, -0.05) is 6.92 Å². The van der Waals surface area contributed by atoms with Gasteiger partial charge in [0, 0.05) is 18.6 Å². The predicted molar refractivity (Wildman–Crippen MR) is 75.5 cm³/mol. The Morgan fingerprint density at radius 2 is 2.10 bits per heavy atom. The molecule has 0 saturated carbocycles. The number of benzene rings is 1. The largest absolute Gasteiger partial charge is 0.493 e. The second-order valence-corrected chi connectivity index (χ2v) is 4.72. The average molecular weight is 277 g/mol. The smallest absolute Gasteiger partial charge is 0.269 e. The molecular formula is C14H19N3O3.